The molecule has 3 rings (SSSR count). The molecular formula is C28H32ClN3O7S. The van der Waals surface area contributed by atoms with Crippen molar-refractivity contribution in [1.82, 2.24) is 5.43 Å². The van der Waals surface area contributed by atoms with Crippen molar-refractivity contribution in [3.63, 3.8) is 0 Å². The predicted molar refractivity (Wildman–Crippen MR) is 155 cm³/mol. The molecule has 0 heterocycles. The van der Waals surface area contributed by atoms with Crippen molar-refractivity contribution < 1.29 is 32.2 Å². The van der Waals surface area contributed by atoms with Crippen molar-refractivity contribution in [2.45, 2.75) is 24.7 Å². The van der Waals surface area contributed by atoms with Crippen molar-refractivity contribution in [1.29, 1.82) is 0 Å². The van der Waals surface area contributed by atoms with Gasteiger partial charge in [-0.1, -0.05) is 24.9 Å². The molecule has 0 saturated heterocycles. The van der Waals surface area contributed by atoms with Crippen LogP contribution in [0.2, 0.25) is 5.02 Å². The van der Waals surface area contributed by atoms with E-state index in [1.54, 1.807) is 18.2 Å². The summed E-state index contributed by atoms with van der Waals surface area (Å²) in [6.07, 6.45) is 3.46. The standard InChI is InChI=1S/C28H32ClN3O7S/c1-5-6-15-39-22-10-7-20(8-11-22)18-30-31-28(33)19-32(24-16-21(29)9-13-25(24)36-2)40(34,35)23-12-14-26(37-3)27(17-23)38-4/h7-14,16-18H,5-6,15,19H2,1-4H3,(H,31,33)/b30-18-. The van der Waals surface area contributed by atoms with Crippen molar-refractivity contribution in [3.05, 3.63) is 71.2 Å². The highest BCUT2D eigenvalue weighted by Crippen LogP contribution is 2.37. The summed E-state index contributed by atoms with van der Waals surface area (Å²) in [7, 11) is -0.0944. The molecule has 0 aliphatic heterocycles. The lowest BCUT2D eigenvalue weighted by atomic mass is 10.2. The van der Waals surface area contributed by atoms with E-state index in [2.05, 4.69) is 17.5 Å². The molecule has 0 fully saturated rings. The van der Waals surface area contributed by atoms with Crippen LogP contribution in [0.4, 0.5) is 5.69 Å². The van der Waals surface area contributed by atoms with Gasteiger partial charge in [0.15, 0.2) is 11.5 Å². The quantitative estimate of drug-likeness (QED) is 0.162. The van der Waals surface area contributed by atoms with E-state index in [9.17, 15) is 13.2 Å². The zero-order chi connectivity index (χ0) is 29.1. The Kier molecular flexibility index (Phi) is 11.0. The molecule has 0 aromatic heterocycles. The van der Waals surface area contributed by atoms with E-state index in [-0.39, 0.29) is 27.1 Å². The van der Waals surface area contributed by atoms with Crippen LogP contribution >= 0.6 is 11.6 Å². The number of amides is 1. The molecule has 0 bridgehead atoms. The Labute approximate surface area is 239 Å². The Bertz CT molecular complexity index is 1430. The van der Waals surface area contributed by atoms with Gasteiger partial charge in [0.1, 0.15) is 18.0 Å². The monoisotopic (exact) mass is 589 g/mol. The number of carbonyl (C=O) groups is 1. The van der Waals surface area contributed by atoms with Crippen molar-refractivity contribution in [2.24, 2.45) is 5.10 Å². The molecule has 214 valence electrons. The summed E-state index contributed by atoms with van der Waals surface area (Å²) in [5, 5.41) is 4.23. The Morgan fingerprint density at radius 2 is 1.62 bits per heavy atom. The molecule has 0 aliphatic carbocycles. The van der Waals surface area contributed by atoms with E-state index in [0.29, 0.717) is 12.4 Å². The number of methoxy groups -OCH3 is 3. The molecular weight excluding hydrogens is 558 g/mol. The van der Waals surface area contributed by atoms with Crippen LogP contribution < -0.4 is 28.7 Å². The van der Waals surface area contributed by atoms with E-state index in [1.165, 1.54) is 57.9 Å². The van der Waals surface area contributed by atoms with E-state index in [1.807, 2.05) is 12.1 Å². The van der Waals surface area contributed by atoms with Gasteiger partial charge in [-0.3, -0.25) is 9.10 Å². The zero-order valence-corrected chi connectivity index (χ0v) is 24.3. The first-order chi connectivity index (χ1) is 19.2. The number of carbonyl (C=O) groups excluding carboxylic acids is 1. The average Bonchev–Trinajstić information content (AvgIpc) is 2.96. The van der Waals surface area contributed by atoms with Gasteiger partial charge in [0.05, 0.1) is 44.7 Å². The number of unbranched alkanes of at least 4 members (excludes halogenated alkanes) is 1. The summed E-state index contributed by atoms with van der Waals surface area (Å²) in [6.45, 7) is 2.11. The number of nitrogens with one attached hydrogen (secondary N) is 1. The number of hydrogen-bond donors (Lipinski definition) is 1. The minimum atomic E-state index is -4.32. The molecule has 1 N–H and O–H groups in total. The normalized spacial score (nSPS) is 11.2. The van der Waals surface area contributed by atoms with Gasteiger partial charge in [0, 0.05) is 11.1 Å². The van der Waals surface area contributed by atoms with Crippen molar-refractivity contribution >= 4 is 39.4 Å². The number of halogens is 1. The number of rotatable bonds is 14. The van der Waals surface area contributed by atoms with Crippen LogP contribution in [0.15, 0.2) is 70.7 Å². The molecule has 0 spiro atoms. The number of hydrogen-bond acceptors (Lipinski definition) is 8. The average molecular weight is 590 g/mol. The Balaban J connectivity index is 1.86. The lowest BCUT2D eigenvalue weighted by Gasteiger charge is -2.25. The maximum atomic E-state index is 13.8. The van der Waals surface area contributed by atoms with Gasteiger partial charge >= 0.3 is 0 Å². The maximum absolute atomic E-state index is 13.8. The zero-order valence-electron chi connectivity index (χ0n) is 22.7. The summed E-state index contributed by atoms with van der Waals surface area (Å²) < 4.78 is 50.1. The Morgan fingerprint density at radius 1 is 0.950 bits per heavy atom. The third-order valence-electron chi connectivity index (χ3n) is 5.69. The number of anilines is 1. The molecule has 0 radical (unpaired) electrons. The first-order valence-corrected chi connectivity index (χ1v) is 14.2. The second-order valence-electron chi connectivity index (χ2n) is 8.41. The minimum absolute atomic E-state index is 0.0718. The van der Waals surface area contributed by atoms with E-state index >= 15 is 0 Å². The van der Waals surface area contributed by atoms with Gasteiger partial charge in [-0.2, -0.15) is 5.10 Å². The largest absolute Gasteiger partial charge is 0.495 e. The molecule has 12 heteroatoms. The summed E-state index contributed by atoms with van der Waals surface area (Å²) in [4.78, 5) is 12.8. The fourth-order valence-electron chi connectivity index (χ4n) is 3.59. The lowest BCUT2D eigenvalue weighted by Crippen LogP contribution is -2.39. The molecule has 40 heavy (non-hydrogen) atoms. The van der Waals surface area contributed by atoms with Gasteiger partial charge in [-0.25, -0.2) is 13.8 Å². The molecule has 3 aromatic carbocycles. The summed E-state index contributed by atoms with van der Waals surface area (Å²) >= 11 is 6.19. The first kappa shape index (κ1) is 30.6. The van der Waals surface area contributed by atoms with Crippen molar-refractivity contribution in [2.75, 3.05) is 38.8 Å². The highest BCUT2D eigenvalue weighted by atomic mass is 35.5. The number of benzene rings is 3. The van der Waals surface area contributed by atoms with Crippen LogP contribution in [0.5, 0.6) is 23.0 Å². The summed E-state index contributed by atoms with van der Waals surface area (Å²) in [5.41, 5.74) is 3.17. The molecule has 0 aliphatic rings. The first-order valence-electron chi connectivity index (χ1n) is 12.4. The molecule has 1 amide bonds. The molecule has 3 aromatic rings. The summed E-state index contributed by atoms with van der Waals surface area (Å²) in [6, 6.07) is 15.8. The van der Waals surface area contributed by atoms with Crippen LogP contribution in [-0.2, 0) is 14.8 Å². The highest BCUT2D eigenvalue weighted by Gasteiger charge is 2.30. The molecule has 10 nitrogen and oxygen atoms in total. The van der Waals surface area contributed by atoms with Crippen LogP contribution in [0.1, 0.15) is 25.3 Å². The van der Waals surface area contributed by atoms with Crippen LogP contribution in [0.25, 0.3) is 0 Å². The number of nitrogens with zero attached hydrogens (tertiary/aromatic N) is 2. The van der Waals surface area contributed by atoms with Gasteiger partial charge in [-0.15, -0.1) is 0 Å². The third kappa shape index (κ3) is 7.80. The van der Waals surface area contributed by atoms with Gasteiger partial charge in [0.2, 0.25) is 0 Å². The molecule has 0 atom stereocenters. The van der Waals surface area contributed by atoms with Crippen LogP contribution in [0, 0.1) is 0 Å². The number of sulfonamides is 1. The molecule has 0 saturated carbocycles. The van der Waals surface area contributed by atoms with Gasteiger partial charge < -0.3 is 18.9 Å². The van der Waals surface area contributed by atoms with E-state index in [4.69, 9.17) is 30.5 Å². The Morgan fingerprint density at radius 3 is 2.27 bits per heavy atom. The highest BCUT2D eigenvalue weighted by molar-refractivity contribution is 7.92. The summed E-state index contributed by atoms with van der Waals surface area (Å²) in [5.74, 6) is 0.798. The lowest BCUT2D eigenvalue weighted by molar-refractivity contribution is -0.119. The van der Waals surface area contributed by atoms with Crippen LogP contribution in [0.3, 0.4) is 0 Å². The SMILES string of the molecule is CCCCOc1ccc(/C=N\NC(=O)CN(c2cc(Cl)ccc2OC)S(=O)(=O)c2ccc(OC)c(OC)c2)cc1. The van der Waals surface area contributed by atoms with E-state index in [0.717, 1.165) is 28.5 Å². The van der Waals surface area contributed by atoms with Gasteiger partial charge in [-0.05, 0) is 66.6 Å². The Hall–Kier alpha value is -3.96. The maximum Gasteiger partial charge on any atom is 0.265 e. The van der Waals surface area contributed by atoms with Crippen LogP contribution in [-0.4, -0.2) is 55.0 Å². The molecule has 0 unspecified atom stereocenters. The van der Waals surface area contributed by atoms with Gasteiger partial charge in [0.25, 0.3) is 15.9 Å². The predicted octanol–water partition coefficient (Wildman–Crippen LogP) is 4.89. The number of ether oxygens (including phenoxy) is 4. The minimum Gasteiger partial charge on any atom is -0.495 e. The van der Waals surface area contributed by atoms with Crippen molar-refractivity contribution in [3.8, 4) is 23.0 Å². The topological polar surface area (TPSA) is 116 Å². The smallest absolute Gasteiger partial charge is 0.265 e. The fourth-order valence-corrected chi connectivity index (χ4v) is 5.20. The second kappa shape index (κ2) is 14.4. The number of hydrazone groups is 1. The second-order valence-corrected chi connectivity index (χ2v) is 10.7. The van der Waals surface area contributed by atoms with E-state index < -0.39 is 22.5 Å². The third-order valence-corrected chi connectivity index (χ3v) is 7.68. The fraction of sp³-hybridized carbons (Fsp3) is 0.286.